The van der Waals surface area contributed by atoms with Gasteiger partial charge in [-0.2, -0.15) is 0 Å². The average Bonchev–Trinajstić information content (AvgIpc) is 2.27. The number of aliphatic hydroxyl groups excluding tert-OH is 1. The first-order valence-electron chi connectivity index (χ1n) is 4.44. The molecule has 2 rings (SSSR count). The van der Waals surface area contributed by atoms with Crippen LogP contribution in [0.1, 0.15) is 32.6 Å². The summed E-state index contributed by atoms with van der Waals surface area (Å²) in [5, 5.41) is 9.35. The number of fused-ring (bicyclic) bond motifs is 2. The van der Waals surface area contributed by atoms with Crippen molar-refractivity contribution in [2.75, 3.05) is 0 Å². The Kier molecular flexibility index (Phi) is 1.50. The van der Waals surface area contributed by atoms with Gasteiger partial charge in [0.05, 0.1) is 6.10 Å². The molecule has 0 saturated heterocycles. The third-order valence-corrected chi connectivity index (χ3v) is 3.46. The average molecular weight is 158 g/mol. The van der Waals surface area contributed by atoms with E-state index in [1.54, 1.807) is 0 Å². The van der Waals surface area contributed by atoms with E-state index in [0.29, 0.717) is 12.3 Å². The smallest absolute Gasteiger partial charge is 0.131 e. The lowest BCUT2D eigenvalue weighted by molar-refractivity contribution is -0.0337. The molecule has 2 fully saturated rings. The van der Waals surface area contributed by atoms with Crippen LogP contribution in [-0.4, -0.2) is 17.4 Å². The summed E-state index contributed by atoms with van der Waals surface area (Å²) in [4.78, 5) is 0. The van der Waals surface area contributed by atoms with Gasteiger partial charge in [0.25, 0.3) is 0 Å². The maximum absolute atomic E-state index is 13.4. The normalized spacial score (nSPS) is 56.5. The van der Waals surface area contributed by atoms with Crippen LogP contribution in [0, 0.1) is 11.3 Å². The van der Waals surface area contributed by atoms with Gasteiger partial charge in [0.1, 0.15) is 6.17 Å². The van der Waals surface area contributed by atoms with E-state index in [1.807, 2.05) is 6.92 Å². The zero-order valence-corrected chi connectivity index (χ0v) is 6.89. The van der Waals surface area contributed by atoms with E-state index >= 15 is 0 Å². The molecule has 0 aliphatic heterocycles. The second-order valence-electron chi connectivity index (χ2n) is 4.47. The summed E-state index contributed by atoms with van der Waals surface area (Å²) >= 11 is 0. The zero-order chi connectivity index (χ0) is 8.06. The first kappa shape index (κ1) is 7.53. The molecule has 2 bridgehead atoms. The SMILES string of the molecule is C[C@@]12CC[C@@H](C[C@H](O)[C@@H]1F)C2. The summed E-state index contributed by atoms with van der Waals surface area (Å²) in [7, 11) is 0. The third-order valence-electron chi connectivity index (χ3n) is 3.46. The zero-order valence-electron chi connectivity index (χ0n) is 6.89. The van der Waals surface area contributed by atoms with Crippen LogP contribution >= 0.6 is 0 Å². The summed E-state index contributed by atoms with van der Waals surface area (Å²) < 4.78 is 13.4. The highest BCUT2D eigenvalue weighted by molar-refractivity contribution is 4.99. The molecule has 11 heavy (non-hydrogen) atoms. The lowest BCUT2D eigenvalue weighted by atomic mass is 9.74. The van der Waals surface area contributed by atoms with Gasteiger partial charge in [-0.1, -0.05) is 6.92 Å². The van der Waals surface area contributed by atoms with Gasteiger partial charge in [-0.3, -0.25) is 0 Å². The first-order chi connectivity index (χ1) is 5.12. The second kappa shape index (κ2) is 2.19. The van der Waals surface area contributed by atoms with Crippen molar-refractivity contribution in [3.8, 4) is 0 Å². The van der Waals surface area contributed by atoms with E-state index in [-0.39, 0.29) is 5.41 Å². The largest absolute Gasteiger partial charge is 0.390 e. The molecule has 0 aromatic rings. The van der Waals surface area contributed by atoms with Gasteiger partial charge in [0, 0.05) is 5.41 Å². The van der Waals surface area contributed by atoms with Crippen molar-refractivity contribution in [3.05, 3.63) is 0 Å². The van der Waals surface area contributed by atoms with Gasteiger partial charge in [-0.05, 0) is 31.6 Å². The fourth-order valence-corrected chi connectivity index (χ4v) is 2.77. The minimum absolute atomic E-state index is 0.192. The summed E-state index contributed by atoms with van der Waals surface area (Å²) in [6.45, 7) is 1.97. The quantitative estimate of drug-likeness (QED) is 0.571. The molecular formula is C9H15FO. The van der Waals surface area contributed by atoms with Gasteiger partial charge < -0.3 is 5.11 Å². The molecule has 2 saturated carbocycles. The minimum atomic E-state index is -0.971. The lowest BCUT2D eigenvalue weighted by Crippen LogP contribution is -2.40. The van der Waals surface area contributed by atoms with Crippen LogP contribution in [-0.2, 0) is 0 Å². The Balaban J connectivity index is 2.21. The summed E-state index contributed by atoms with van der Waals surface area (Å²) in [6, 6.07) is 0. The monoisotopic (exact) mass is 158 g/mol. The standard InChI is InChI=1S/C9H15FO/c1-9-3-2-6(5-9)4-7(11)8(9)10/h6-8,11H,2-5H2,1H3/t6-,7-,8-,9-/m0/s1. The molecule has 1 nitrogen and oxygen atoms in total. The van der Waals surface area contributed by atoms with Crippen LogP contribution in [0.15, 0.2) is 0 Å². The Bertz CT molecular complexity index is 171. The van der Waals surface area contributed by atoms with E-state index in [1.165, 1.54) is 0 Å². The van der Waals surface area contributed by atoms with Crippen molar-refractivity contribution in [1.82, 2.24) is 0 Å². The van der Waals surface area contributed by atoms with Gasteiger partial charge in [-0.25, -0.2) is 4.39 Å². The van der Waals surface area contributed by atoms with Crippen molar-refractivity contribution in [1.29, 1.82) is 0 Å². The molecule has 2 heteroatoms. The second-order valence-corrected chi connectivity index (χ2v) is 4.47. The van der Waals surface area contributed by atoms with E-state index in [4.69, 9.17) is 0 Å². The third kappa shape index (κ3) is 0.994. The van der Waals surface area contributed by atoms with Crippen molar-refractivity contribution < 1.29 is 9.50 Å². The molecule has 0 heterocycles. The van der Waals surface area contributed by atoms with Gasteiger partial charge >= 0.3 is 0 Å². The molecule has 0 unspecified atom stereocenters. The number of halogens is 1. The number of alkyl halides is 1. The molecule has 0 aromatic heterocycles. The molecule has 64 valence electrons. The Hall–Kier alpha value is -0.110. The number of aliphatic hydroxyl groups is 1. The van der Waals surface area contributed by atoms with Gasteiger partial charge in [0.15, 0.2) is 0 Å². The molecule has 0 radical (unpaired) electrons. The van der Waals surface area contributed by atoms with Gasteiger partial charge in [0.2, 0.25) is 0 Å². The maximum atomic E-state index is 13.4. The van der Waals surface area contributed by atoms with Crippen LogP contribution in [0.4, 0.5) is 4.39 Å². The van der Waals surface area contributed by atoms with Crippen LogP contribution in [0.3, 0.4) is 0 Å². The van der Waals surface area contributed by atoms with Crippen LogP contribution in [0.5, 0.6) is 0 Å². The Labute approximate surface area is 66.6 Å². The highest BCUT2D eigenvalue weighted by Gasteiger charge is 2.49. The summed E-state index contributed by atoms with van der Waals surface area (Å²) in [5.41, 5.74) is -0.192. The van der Waals surface area contributed by atoms with Crippen LogP contribution < -0.4 is 0 Å². The van der Waals surface area contributed by atoms with Crippen molar-refractivity contribution in [2.24, 2.45) is 11.3 Å². The van der Waals surface area contributed by atoms with E-state index in [9.17, 15) is 9.50 Å². The first-order valence-corrected chi connectivity index (χ1v) is 4.44. The Morgan fingerprint density at radius 3 is 3.00 bits per heavy atom. The fourth-order valence-electron chi connectivity index (χ4n) is 2.77. The lowest BCUT2D eigenvalue weighted by Gasteiger charge is -2.36. The fraction of sp³-hybridized carbons (Fsp3) is 1.00. The molecular weight excluding hydrogens is 143 g/mol. The molecule has 0 aromatic carbocycles. The predicted molar refractivity (Wildman–Crippen MR) is 41.0 cm³/mol. The van der Waals surface area contributed by atoms with E-state index < -0.39 is 12.3 Å². The van der Waals surface area contributed by atoms with Crippen molar-refractivity contribution >= 4 is 0 Å². The number of hydrogen-bond donors (Lipinski definition) is 1. The number of rotatable bonds is 0. The maximum Gasteiger partial charge on any atom is 0.131 e. The minimum Gasteiger partial charge on any atom is -0.390 e. The predicted octanol–water partition coefficient (Wildman–Crippen LogP) is 1.90. The van der Waals surface area contributed by atoms with Gasteiger partial charge in [-0.15, -0.1) is 0 Å². The number of hydrogen-bond acceptors (Lipinski definition) is 1. The molecule has 4 atom stereocenters. The summed E-state index contributed by atoms with van der Waals surface area (Å²) in [6.07, 6.45) is 2.12. The highest BCUT2D eigenvalue weighted by Crippen LogP contribution is 2.52. The molecule has 2 aliphatic rings. The molecule has 1 N–H and O–H groups in total. The van der Waals surface area contributed by atoms with Crippen molar-refractivity contribution in [3.63, 3.8) is 0 Å². The van der Waals surface area contributed by atoms with Crippen molar-refractivity contribution in [2.45, 2.75) is 44.9 Å². The van der Waals surface area contributed by atoms with E-state index in [2.05, 4.69) is 0 Å². The molecule has 0 spiro atoms. The highest BCUT2D eigenvalue weighted by atomic mass is 19.1. The Morgan fingerprint density at radius 1 is 1.55 bits per heavy atom. The topological polar surface area (TPSA) is 20.2 Å². The Morgan fingerprint density at radius 2 is 2.27 bits per heavy atom. The van der Waals surface area contributed by atoms with E-state index in [0.717, 1.165) is 19.3 Å². The van der Waals surface area contributed by atoms with Crippen LogP contribution in [0.2, 0.25) is 0 Å². The molecule has 0 amide bonds. The summed E-state index contributed by atoms with van der Waals surface area (Å²) in [5.74, 6) is 0.599. The molecule has 2 aliphatic carbocycles. The van der Waals surface area contributed by atoms with Crippen LogP contribution in [0.25, 0.3) is 0 Å².